The van der Waals surface area contributed by atoms with Crippen LogP contribution >= 0.6 is 11.8 Å². The first kappa shape index (κ1) is 16.6. The average Bonchev–Trinajstić information content (AvgIpc) is 2.41. The maximum atomic E-state index is 11.7. The summed E-state index contributed by atoms with van der Waals surface area (Å²) in [5, 5.41) is 2.86. The van der Waals surface area contributed by atoms with Crippen LogP contribution in [0.3, 0.4) is 0 Å². The summed E-state index contributed by atoms with van der Waals surface area (Å²) in [5.74, 6) is 0.805. The van der Waals surface area contributed by atoms with Gasteiger partial charge in [0, 0.05) is 18.7 Å². The Labute approximate surface area is 124 Å². The lowest BCUT2D eigenvalue weighted by molar-refractivity contribution is -0.109. The number of rotatable bonds is 6. The minimum absolute atomic E-state index is 0.0510. The summed E-state index contributed by atoms with van der Waals surface area (Å²) in [4.78, 5) is 22.7. The zero-order valence-electron chi connectivity index (χ0n) is 12.1. The second kappa shape index (κ2) is 8.64. The van der Waals surface area contributed by atoms with Crippen LogP contribution in [0.15, 0.2) is 30.3 Å². The van der Waals surface area contributed by atoms with Gasteiger partial charge < -0.3 is 10.1 Å². The highest BCUT2D eigenvalue weighted by molar-refractivity contribution is 8.13. The lowest BCUT2D eigenvalue weighted by Gasteiger charge is -2.21. The van der Waals surface area contributed by atoms with Crippen molar-refractivity contribution in [2.24, 2.45) is 5.92 Å². The van der Waals surface area contributed by atoms with Crippen molar-refractivity contribution in [2.45, 2.75) is 33.4 Å². The fourth-order valence-electron chi connectivity index (χ4n) is 1.52. The highest BCUT2D eigenvalue weighted by Gasteiger charge is 2.17. The summed E-state index contributed by atoms with van der Waals surface area (Å²) in [6, 6.07) is 9.44. The minimum Gasteiger partial charge on any atom is -0.445 e. The third-order valence-corrected chi connectivity index (χ3v) is 3.72. The molecule has 4 nitrogen and oxygen atoms in total. The predicted octanol–water partition coefficient (Wildman–Crippen LogP) is 3.22. The third-order valence-electron chi connectivity index (χ3n) is 2.79. The number of hydrogen-bond donors (Lipinski definition) is 1. The SMILES string of the molecule is CC(=O)SC[C@@H](NC(=O)OCc1ccccc1)C(C)C. The van der Waals surface area contributed by atoms with Gasteiger partial charge in [0.05, 0.1) is 0 Å². The molecule has 0 aromatic heterocycles. The van der Waals surface area contributed by atoms with E-state index in [4.69, 9.17) is 4.74 Å². The van der Waals surface area contributed by atoms with E-state index in [0.29, 0.717) is 5.75 Å². The van der Waals surface area contributed by atoms with Gasteiger partial charge in [-0.25, -0.2) is 4.79 Å². The van der Waals surface area contributed by atoms with Gasteiger partial charge in [0.2, 0.25) is 0 Å². The maximum absolute atomic E-state index is 11.7. The van der Waals surface area contributed by atoms with Gasteiger partial charge in [0.25, 0.3) is 0 Å². The number of thioether (sulfide) groups is 1. The molecule has 1 aromatic rings. The van der Waals surface area contributed by atoms with Crippen LogP contribution in [0.1, 0.15) is 26.3 Å². The van der Waals surface area contributed by atoms with Crippen LogP contribution in [0.4, 0.5) is 4.79 Å². The molecule has 0 heterocycles. The average molecular weight is 295 g/mol. The summed E-state index contributed by atoms with van der Waals surface area (Å²) in [6.45, 7) is 5.78. The van der Waals surface area contributed by atoms with Crippen molar-refractivity contribution in [3.63, 3.8) is 0 Å². The molecular formula is C15H21NO3S. The minimum atomic E-state index is -0.447. The van der Waals surface area contributed by atoms with E-state index in [9.17, 15) is 9.59 Å². The van der Waals surface area contributed by atoms with Crippen molar-refractivity contribution in [1.29, 1.82) is 0 Å². The summed E-state index contributed by atoms with van der Waals surface area (Å²) >= 11 is 1.21. The molecule has 0 saturated carbocycles. The smallest absolute Gasteiger partial charge is 0.407 e. The van der Waals surface area contributed by atoms with Crippen LogP contribution < -0.4 is 5.32 Å². The Hall–Kier alpha value is -1.49. The molecule has 1 amide bonds. The summed E-state index contributed by atoms with van der Waals surface area (Å²) in [7, 11) is 0. The van der Waals surface area contributed by atoms with E-state index in [1.807, 2.05) is 44.2 Å². The monoisotopic (exact) mass is 295 g/mol. The fourth-order valence-corrected chi connectivity index (χ4v) is 2.41. The molecule has 0 radical (unpaired) electrons. The Kier molecular flexibility index (Phi) is 7.15. The Morgan fingerprint density at radius 1 is 1.25 bits per heavy atom. The molecule has 0 aliphatic carbocycles. The molecule has 0 bridgehead atoms. The molecule has 0 aliphatic heterocycles. The van der Waals surface area contributed by atoms with E-state index in [1.165, 1.54) is 18.7 Å². The number of carbonyl (C=O) groups excluding carboxylic acids is 2. The molecule has 1 atom stereocenters. The molecule has 1 N–H and O–H groups in total. The van der Waals surface area contributed by atoms with E-state index in [0.717, 1.165) is 5.56 Å². The van der Waals surface area contributed by atoms with E-state index in [2.05, 4.69) is 5.32 Å². The number of amides is 1. The van der Waals surface area contributed by atoms with Gasteiger partial charge in [-0.1, -0.05) is 55.9 Å². The van der Waals surface area contributed by atoms with Crippen LogP contribution in [0, 0.1) is 5.92 Å². The highest BCUT2D eigenvalue weighted by Crippen LogP contribution is 2.11. The van der Waals surface area contributed by atoms with Gasteiger partial charge >= 0.3 is 6.09 Å². The lowest BCUT2D eigenvalue weighted by Crippen LogP contribution is -2.40. The van der Waals surface area contributed by atoms with Crippen LogP contribution in [0.2, 0.25) is 0 Å². The molecule has 5 heteroatoms. The van der Waals surface area contributed by atoms with Crippen LogP contribution in [0.5, 0.6) is 0 Å². The standard InChI is InChI=1S/C15H21NO3S/c1-11(2)14(10-20-12(3)17)16-15(18)19-9-13-7-5-4-6-8-13/h4-8,11,14H,9-10H2,1-3H3,(H,16,18)/t14-/m1/s1. The van der Waals surface area contributed by atoms with E-state index >= 15 is 0 Å². The normalized spacial score (nSPS) is 12.0. The molecule has 1 rings (SSSR count). The van der Waals surface area contributed by atoms with Crippen molar-refractivity contribution >= 4 is 23.0 Å². The van der Waals surface area contributed by atoms with Crippen LogP contribution in [-0.4, -0.2) is 23.0 Å². The molecule has 0 fully saturated rings. The first-order valence-electron chi connectivity index (χ1n) is 6.59. The number of nitrogens with one attached hydrogen (secondary N) is 1. The van der Waals surface area contributed by atoms with Gasteiger partial charge in [0.1, 0.15) is 6.61 Å². The summed E-state index contributed by atoms with van der Waals surface area (Å²) in [5.41, 5.74) is 0.946. The van der Waals surface area contributed by atoms with Crippen molar-refractivity contribution in [3.8, 4) is 0 Å². The van der Waals surface area contributed by atoms with Gasteiger partial charge in [0.15, 0.2) is 5.12 Å². The number of carbonyl (C=O) groups is 2. The van der Waals surface area contributed by atoms with E-state index in [-0.39, 0.29) is 23.7 Å². The van der Waals surface area contributed by atoms with E-state index in [1.54, 1.807) is 0 Å². The van der Waals surface area contributed by atoms with Crippen LogP contribution in [-0.2, 0) is 16.1 Å². The Balaban J connectivity index is 2.39. The first-order chi connectivity index (χ1) is 9.49. The van der Waals surface area contributed by atoms with Crippen LogP contribution in [0.25, 0.3) is 0 Å². The topological polar surface area (TPSA) is 55.4 Å². The quantitative estimate of drug-likeness (QED) is 0.875. The lowest BCUT2D eigenvalue weighted by atomic mass is 10.1. The molecule has 110 valence electrons. The molecule has 0 aliphatic rings. The van der Waals surface area contributed by atoms with Crippen molar-refractivity contribution in [3.05, 3.63) is 35.9 Å². The zero-order chi connectivity index (χ0) is 15.0. The number of benzene rings is 1. The first-order valence-corrected chi connectivity index (χ1v) is 7.58. The Bertz CT molecular complexity index is 434. The summed E-state index contributed by atoms with van der Waals surface area (Å²) in [6.07, 6.45) is -0.447. The number of hydrogen-bond acceptors (Lipinski definition) is 4. The second-order valence-corrected chi connectivity index (χ2v) is 6.06. The largest absolute Gasteiger partial charge is 0.445 e. The van der Waals surface area contributed by atoms with Gasteiger partial charge in [-0.15, -0.1) is 0 Å². The van der Waals surface area contributed by atoms with Gasteiger partial charge in [-0.2, -0.15) is 0 Å². The molecule has 0 saturated heterocycles. The summed E-state index contributed by atoms with van der Waals surface area (Å²) < 4.78 is 5.17. The zero-order valence-corrected chi connectivity index (χ0v) is 12.9. The molecular weight excluding hydrogens is 274 g/mol. The van der Waals surface area contributed by atoms with Gasteiger partial charge in [-0.05, 0) is 11.5 Å². The van der Waals surface area contributed by atoms with Crippen molar-refractivity contribution in [2.75, 3.05) is 5.75 Å². The molecule has 0 unspecified atom stereocenters. The second-order valence-electron chi connectivity index (χ2n) is 4.86. The highest BCUT2D eigenvalue weighted by atomic mass is 32.2. The van der Waals surface area contributed by atoms with E-state index < -0.39 is 6.09 Å². The van der Waals surface area contributed by atoms with Crippen molar-refractivity contribution in [1.82, 2.24) is 5.32 Å². The number of ether oxygens (including phenoxy) is 1. The van der Waals surface area contributed by atoms with Gasteiger partial charge in [-0.3, -0.25) is 4.79 Å². The Morgan fingerprint density at radius 2 is 1.90 bits per heavy atom. The maximum Gasteiger partial charge on any atom is 0.407 e. The number of alkyl carbamates (subject to hydrolysis) is 1. The molecule has 0 spiro atoms. The molecule has 1 aromatic carbocycles. The predicted molar refractivity (Wildman–Crippen MR) is 81.5 cm³/mol. The fraction of sp³-hybridized carbons (Fsp3) is 0.467. The van der Waals surface area contributed by atoms with Crippen molar-refractivity contribution < 1.29 is 14.3 Å². The molecule has 20 heavy (non-hydrogen) atoms. The Morgan fingerprint density at radius 3 is 2.45 bits per heavy atom. The third kappa shape index (κ3) is 6.61.